The number of hydrogen-bond donors (Lipinski definition) is 1. The van der Waals surface area contributed by atoms with Gasteiger partial charge < -0.3 is 10.0 Å². The van der Waals surface area contributed by atoms with Crippen LogP contribution in [-0.4, -0.2) is 28.1 Å². The fourth-order valence-electron chi connectivity index (χ4n) is 2.93. The highest BCUT2D eigenvalue weighted by molar-refractivity contribution is 5.95. The molecule has 0 bridgehead atoms. The van der Waals surface area contributed by atoms with E-state index in [1.54, 1.807) is 12.1 Å². The predicted octanol–water partition coefficient (Wildman–Crippen LogP) is 4.10. The number of aromatic carboxylic acids is 1. The number of aromatic nitrogens is 2. The molecule has 2 aromatic carbocycles. The quantitative estimate of drug-likeness (QED) is 0.753. The molecule has 0 fully saturated rings. The Labute approximate surface area is 153 Å². The lowest BCUT2D eigenvalue weighted by molar-refractivity contribution is 0.0697. The molecule has 0 spiro atoms. The molecule has 0 aliphatic rings. The first-order chi connectivity index (χ1) is 12.4. The topological polar surface area (TPSA) is 66.3 Å². The molecule has 26 heavy (non-hydrogen) atoms. The Hall–Kier alpha value is -3.21. The average Bonchev–Trinajstić information content (AvgIpc) is 2.61. The largest absolute Gasteiger partial charge is 0.478 e. The van der Waals surface area contributed by atoms with Gasteiger partial charge in [0.15, 0.2) is 0 Å². The highest BCUT2D eigenvalue weighted by Gasteiger charge is 2.11. The Morgan fingerprint density at radius 2 is 1.62 bits per heavy atom. The summed E-state index contributed by atoms with van der Waals surface area (Å²) in [6.07, 6.45) is 0. The smallest absolute Gasteiger partial charge is 0.336 e. The Kier molecular flexibility index (Phi) is 4.98. The number of aryl methyl sites for hydroxylation is 2. The Morgan fingerprint density at radius 1 is 1.00 bits per heavy atom. The lowest BCUT2D eigenvalue weighted by Crippen LogP contribution is -2.19. The third kappa shape index (κ3) is 3.88. The lowest BCUT2D eigenvalue weighted by Gasteiger charge is -2.18. The highest BCUT2D eigenvalue weighted by Crippen LogP contribution is 2.24. The average molecular weight is 347 g/mol. The van der Waals surface area contributed by atoms with Gasteiger partial charge in [0.25, 0.3) is 0 Å². The summed E-state index contributed by atoms with van der Waals surface area (Å²) < 4.78 is 0. The standard InChI is InChI=1S/C21H21N3O2/c1-14-12-15(2)23-21(22-14)24(3)13-16-8-10-17(11-9-16)18-6-4-5-7-19(18)20(25)26/h4-12H,13H2,1-3H3,(H,25,26). The van der Waals surface area contributed by atoms with Crippen molar-refractivity contribution in [3.05, 3.63) is 77.1 Å². The summed E-state index contributed by atoms with van der Waals surface area (Å²) in [5, 5.41) is 9.35. The van der Waals surface area contributed by atoms with Crippen molar-refractivity contribution in [2.75, 3.05) is 11.9 Å². The molecular weight excluding hydrogens is 326 g/mol. The molecule has 1 N–H and O–H groups in total. The zero-order valence-corrected chi connectivity index (χ0v) is 15.1. The van der Waals surface area contributed by atoms with Crippen molar-refractivity contribution < 1.29 is 9.90 Å². The van der Waals surface area contributed by atoms with Crippen molar-refractivity contribution >= 4 is 11.9 Å². The monoisotopic (exact) mass is 347 g/mol. The van der Waals surface area contributed by atoms with E-state index in [4.69, 9.17) is 0 Å². The number of carboxylic acids is 1. The summed E-state index contributed by atoms with van der Waals surface area (Å²) in [4.78, 5) is 22.4. The molecule has 0 aliphatic heterocycles. The molecule has 0 amide bonds. The molecule has 132 valence electrons. The second-order valence-corrected chi connectivity index (χ2v) is 6.35. The SMILES string of the molecule is Cc1cc(C)nc(N(C)Cc2ccc(-c3ccccc3C(=O)O)cc2)n1. The van der Waals surface area contributed by atoms with Crippen molar-refractivity contribution in [3.63, 3.8) is 0 Å². The second kappa shape index (κ2) is 7.35. The van der Waals surface area contributed by atoms with E-state index >= 15 is 0 Å². The number of anilines is 1. The van der Waals surface area contributed by atoms with E-state index in [1.807, 2.05) is 68.3 Å². The van der Waals surface area contributed by atoms with Crippen LogP contribution in [0.15, 0.2) is 54.6 Å². The first-order valence-corrected chi connectivity index (χ1v) is 8.39. The summed E-state index contributed by atoms with van der Waals surface area (Å²) in [7, 11) is 1.96. The van der Waals surface area contributed by atoms with Crippen LogP contribution in [-0.2, 0) is 6.54 Å². The number of carboxylic acid groups (broad SMARTS) is 1. The van der Waals surface area contributed by atoms with Crippen LogP contribution in [0.25, 0.3) is 11.1 Å². The molecule has 1 heterocycles. The number of nitrogens with zero attached hydrogens (tertiary/aromatic N) is 3. The third-order valence-corrected chi connectivity index (χ3v) is 4.15. The highest BCUT2D eigenvalue weighted by atomic mass is 16.4. The van der Waals surface area contributed by atoms with Crippen LogP contribution < -0.4 is 4.90 Å². The van der Waals surface area contributed by atoms with Gasteiger partial charge in [-0.2, -0.15) is 0 Å². The van der Waals surface area contributed by atoms with Crippen molar-refractivity contribution in [2.24, 2.45) is 0 Å². The van der Waals surface area contributed by atoms with Gasteiger partial charge in [0, 0.05) is 25.0 Å². The van der Waals surface area contributed by atoms with Crippen molar-refractivity contribution in [2.45, 2.75) is 20.4 Å². The van der Waals surface area contributed by atoms with Gasteiger partial charge in [0.1, 0.15) is 0 Å². The van der Waals surface area contributed by atoms with Gasteiger partial charge in [0.2, 0.25) is 5.95 Å². The van der Waals surface area contributed by atoms with Gasteiger partial charge in [0.05, 0.1) is 5.56 Å². The Balaban J connectivity index is 1.81. The van der Waals surface area contributed by atoms with Gasteiger partial charge in [-0.1, -0.05) is 42.5 Å². The van der Waals surface area contributed by atoms with Crippen LogP contribution in [0.4, 0.5) is 5.95 Å². The van der Waals surface area contributed by atoms with Gasteiger partial charge >= 0.3 is 5.97 Å². The van der Waals surface area contributed by atoms with Crippen LogP contribution in [0, 0.1) is 13.8 Å². The molecule has 0 unspecified atom stereocenters. The minimum absolute atomic E-state index is 0.306. The fourth-order valence-corrected chi connectivity index (χ4v) is 2.93. The third-order valence-electron chi connectivity index (χ3n) is 4.15. The predicted molar refractivity (Wildman–Crippen MR) is 102 cm³/mol. The number of carbonyl (C=O) groups is 1. The van der Waals surface area contributed by atoms with Crippen LogP contribution in [0.1, 0.15) is 27.3 Å². The van der Waals surface area contributed by atoms with Crippen LogP contribution >= 0.6 is 0 Å². The molecule has 0 aliphatic carbocycles. The molecule has 5 heteroatoms. The molecule has 0 saturated heterocycles. The number of rotatable bonds is 5. The fraction of sp³-hybridized carbons (Fsp3) is 0.190. The number of benzene rings is 2. The summed E-state index contributed by atoms with van der Waals surface area (Å²) >= 11 is 0. The van der Waals surface area contributed by atoms with Gasteiger partial charge in [-0.05, 0) is 42.7 Å². The maximum Gasteiger partial charge on any atom is 0.336 e. The first-order valence-electron chi connectivity index (χ1n) is 8.39. The molecular formula is C21H21N3O2. The van der Waals surface area contributed by atoms with Crippen LogP contribution in [0.3, 0.4) is 0 Å². The normalized spacial score (nSPS) is 10.6. The Bertz CT molecular complexity index is 916. The molecule has 3 aromatic rings. The van der Waals surface area contributed by atoms with Gasteiger partial charge in [-0.3, -0.25) is 0 Å². The minimum atomic E-state index is -0.920. The van der Waals surface area contributed by atoms with E-state index in [1.165, 1.54) is 0 Å². The molecule has 0 atom stereocenters. The lowest BCUT2D eigenvalue weighted by atomic mass is 9.99. The molecule has 0 radical (unpaired) electrons. The summed E-state index contributed by atoms with van der Waals surface area (Å²) in [5.41, 5.74) is 4.90. The zero-order chi connectivity index (χ0) is 18.7. The van der Waals surface area contributed by atoms with E-state index in [-0.39, 0.29) is 0 Å². The van der Waals surface area contributed by atoms with E-state index in [0.29, 0.717) is 18.1 Å². The van der Waals surface area contributed by atoms with Gasteiger partial charge in [-0.25, -0.2) is 14.8 Å². The van der Waals surface area contributed by atoms with Crippen molar-refractivity contribution in [1.29, 1.82) is 0 Å². The summed E-state index contributed by atoms with van der Waals surface area (Å²) in [6, 6.07) is 16.9. The van der Waals surface area contributed by atoms with Gasteiger partial charge in [-0.15, -0.1) is 0 Å². The van der Waals surface area contributed by atoms with E-state index < -0.39 is 5.97 Å². The zero-order valence-electron chi connectivity index (χ0n) is 15.1. The molecule has 5 nitrogen and oxygen atoms in total. The van der Waals surface area contributed by atoms with Crippen LogP contribution in [0.5, 0.6) is 0 Å². The van der Waals surface area contributed by atoms with E-state index in [2.05, 4.69) is 9.97 Å². The summed E-state index contributed by atoms with van der Waals surface area (Å²) in [5.74, 6) is -0.223. The molecule has 1 aromatic heterocycles. The van der Waals surface area contributed by atoms with Crippen molar-refractivity contribution in [3.8, 4) is 11.1 Å². The minimum Gasteiger partial charge on any atom is -0.478 e. The van der Waals surface area contributed by atoms with E-state index in [0.717, 1.165) is 28.1 Å². The molecule has 0 saturated carbocycles. The Morgan fingerprint density at radius 3 is 2.23 bits per heavy atom. The first kappa shape index (κ1) is 17.6. The molecule has 3 rings (SSSR count). The van der Waals surface area contributed by atoms with E-state index in [9.17, 15) is 9.90 Å². The maximum absolute atomic E-state index is 11.4. The summed E-state index contributed by atoms with van der Waals surface area (Å²) in [6.45, 7) is 4.59. The van der Waals surface area contributed by atoms with Crippen molar-refractivity contribution in [1.82, 2.24) is 9.97 Å². The van der Waals surface area contributed by atoms with Crippen LogP contribution in [0.2, 0.25) is 0 Å². The maximum atomic E-state index is 11.4. The second-order valence-electron chi connectivity index (χ2n) is 6.35. The number of hydrogen-bond acceptors (Lipinski definition) is 4.